The maximum Gasteiger partial charge on any atom is 0.310 e. The van der Waals surface area contributed by atoms with Gasteiger partial charge < -0.3 is 4.18 Å². The van der Waals surface area contributed by atoms with E-state index in [1.807, 2.05) is 19.9 Å². The summed E-state index contributed by atoms with van der Waals surface area (Å²) in [6.45, 7) is 5.96. The summed E-state index contributed by atoms with van der Waals surface area (Å²) in [6.07, 6.45) is 0. The van der Waals surface area contributed by atoms with Crippen LogP contribution in [0.5, 0.6) is 5.75 Å². The summed E-state index contributed by atoms with van der Waals surface area (Å²) in [4.78, 5) is 11.1. The van der Waals surface area contributed by atoms with Crippen LogP contribution in [0, 0.1) is 20.8 Å². The smallest absolute Gasteiger partial charge is 0.310 e. The van der Waals surface area contributed by atoms with E-state index in [0.717, 1.165) is 20.8 Å². The SMILES string of the molecule is Cc1nc(SCCS(=O)(=O)Oc2ccccc2)c2c(C)c(C)sc2n1. The van der Waals surface area contributed by atoms with E-state index in [9.17, 15) is 8.42 Å². The number of thiophene rings is 1. The number of rotatable bonds is 6. The monoisotopic (exact) mass is 394 g/mol. The average molecular weight is 395 g/mol. The van der Waals surface area contributed by atoms with Crippen molar-refractivity contribution in [3.63, 3.8) is 0 Å². The van der Waals surface area contributed by atoms with Crippen molar-refractivity contribution >= 4 is 43.4 Å². The molecule has 0 atom stereocenters. The Bertz CT molecular complexity index is 999. The van der Waals surface area contributed by atoms with Crippen molar-refractivity contribution in [2.24, 2.45) is 0 Å². The van der Waals surface area contributed by atoms with Crippen LogP contribution >= 0.6 is 23.1 Å². The lowest BCUT2D eigenvalue weighted by Crippen LogP contribution is -2.15. The van der Waals surface area contributed by atoms with Gasteiger partial charge in [0.05, 0.1) is 5.75 Å². The highest BCUT2D eigenvalue weighted by atomic mass is 32.2. The average Bonchev–Trinajstić information content (AvgIpc) is 2.82. The van der Waals surface area contributed by atoms with Gasteiger partial charge in [0.2, 0.25) is 0 Å². The lowest BCUT2D eigenvalue weighted by molar-refractivity contribution is 0.488. The second-order valence-corrected chi connectivity index (χ2v) is 9.52. The lowest BCUT2D eigenvalue weighted by atomic mass is 10.2. The van der Waals surface area contributed by atoms with Crippen LogP contribution in [0.4, 0.5) is 0 Å². The van der Waals surface area contributed by atoms with Gasteiger partial charge in [-0.2, -0.15) is 8.42 Å². The van der Waals surface area contributed by atoms with Gasteiger partial charge >= 0.3 is 10.1 Å². The molecule has 25 heavy (non-hydrogen) atoms. The van der Waals surface area contributed by atoms with Crippen LogP contribution in [0.3, 0.4) is 0 Å². The summed E-state index contributed by atoms with van der Waals surface area (Å²) in [5.74, 6) is 1.31. The van der Waals surface area contributed by atoms with E-state index >= 15 is 0 Å². The molecule has 1 aromatic carbocycles. The first-order chi connectivity index (χ1) is 11.9. The molecule has 0 fully saturated rings. The molecule has 0 spiro atoms. The molecular weight excluding hydrogens is 376 g/mol. The number of hydrogen-bond acceptors (Lipinski definition) is 7. The molecule has 2 heterocycles. The quantitative estimate of drug-likeness (QED) is 0.356. The fraction of sp³-hybridized carbons (Fsp3) is 0.294. The zero-order valence-corrected chi connectivity index (χ0v) is 16.6. The number of para-hydroxylation sites is 1. The van der Waals surface area contributed by atoms with Gasteiger partial charge in [0.1, 0.15) is 21.4 Å². The zero-order chi connectivity index (χ0) is 18.0. The molecule has 0 saturated carbocycles. The number of aromatic nitrogens is 2. The Morgan fingerprint density at radius 2 is 1.84 bits per heavy atom. The molecule has 8 heteroatoms. The first-order valence-electron chi connectivity index (χ1n) is 7.70. The second-order valence-electron chi connectivity index (χ2n) is 5.55. The number of fused-ring (bicyclic) bond motifs is 1. The highest BCUT2D eigenvalue weighted by molar-refractivity contribution is 8.00. The van der Waals surface area contributed by atoms with Crippen LogP contribution in [-0.2, 0) is 10.1 Å². The van der Waals surface area contributed by atoms with E-state index in [0.29, 0.717) is 17.3 Å². The molecule has 0 aliphatic rings. The molecule has 2 aromatic heterocycles. The number of hydrogen-bond donors (Lipinski definition) is 0. The van der Waals surface area contributed by atoms with Crippen LogP contribution in [0.25, 0.3) is 10.2 Å². The predicted molar refractivity (Wildman–Crippen MR) is 103 cm³/mol. The number of benzene rings is 1. The Morgan fingerprint density at radius 3 is 2.56 bits per heavy atom. The van der Waals surface area contributed by atoms with Crippen molar-refractivity contribution in [1.82, 2.24) is 9.97 Å². The summed E-state index contributed by atoms with van der Waals surface area (Å²) < 4.78 is 29.4. The summed E-state index contributed by atoms with van der Waals surface area (Å²) in [5, 5.41) is 1.86. The van der Waals surface area contributed by atoms with Gasteiger partial charge in [-0.1, -0.05) is 18.2 Å². The molecule has 0 unspecified atom stereocenters. The largest absolute Gasteiger partial charge is 0.382 e. The molecule has 3 aromatic rings. The fourth-order valence-corrected chi connectivity index (χ4v) is 5.88. The van der Waals surface area contributed by atoms with Crippen LogP contribution in [-0.4, -0.2) is 29.9 Å². The first kappa shape index (κ1) is 18.2. The topological polar surface area (TPSA) is 69.2 Å². The molecule has 0 bridgehead atoms. The first-order valence-corrected chi connectivity index (χ1v) is 11.1. The van der Waals surface area contributed by atoms with Crippen molar-refractivity contribution in [3.05, 3.63) is 46.6 Å². The minimum Gasteiger partial charge on any atom is -0.382 e. The Morgan fingerprint density at radius 1 is 1.12 bits per heavy atom. The molecule has 0 aliphatic heterocycles. The normalized spacial score (nSPS) is 11.8. The third kappa shape index (κ3) is 4.31. The minimum absolute atomic E-state index is 0.0841. The molecule has 132 valence electrons. The maximum atomic E-state index is 12.1. The zero-order valence-electron chi connectivity index (χ0n) is 14.1. The molecule has 5 nitrogen and oxygen atoms in total. The van der Waals surface area contributed by atoms with E-state index in [1.165, 1.54) is 16.6 Å². The Hall–Kier alpha value is -1.64. The van der Waals surface area contributed by atoms with Gasteiger partial charge in [0, 0.05) is 16.0 Å². The van der Waals surface area contributed by atoms with E-state index in [1.54, 1.807) is 35.6 Å². The van der Waals surface area contributed by atoms with Gasteiger partial charge in [-0.3, -0.25) is 0 Å². The second kappa shape index (κ2) is 7.31. The van der Waals surface area contributed by atoms with E-state index in [-0.39, 0.29) is 5.75 Å². The molecule has 0 amide bonds. The van der Waals surface area contributed by atoms with Gasteiger partial charge in [0.25, 0.3) is 0 Å². The van der Waals surface area contributed by atoms with Crippen LogP contribution in [0.2, 0.25) is 0 Å². The van der Waals surface area contributed by atoms with Crippen molar-refractivity contribution in [3.8, 4) is 5.75 Å². The minimum atomic E-state index is -3.63. The number of thioether (sulfide) groups is 1. The van der Waals surface area contributed by atoms with E-state index < -0.39 is 10.1 Å². The van der Waals surface area contributed by atoms with Gasteiger partial charge in [-0.15, -0.1) is 23.1 Å². The van der Waals surface area contributed by atoms with E-state index in [2.05, 4.69) is 16.9 Å². The molecular formula is C17H18N2O3S3. The highest BCUT2D eigenvalue weighted by Crippen LogP contribution is 2.35. The standard InChI is InChI=1S/C17H18N2O3S3/c1-11-12(2)24-17-15(11)16(18-13(3)19-17)23-9-10-25(20,21)22-14-7-5-4-6-8-14/h4-8H,9-10H2,1-3H3. The highest BCUT2D eigenvalue weighted by Gasteiger charge is 2.17. The Kier molecular flexibility index (Phi) is 5.31. The van der Waals surface area contributed by atoms with Crippen molar-refractivity contribution in [2.75, 3.05) is 11.5 Å². The fourth-order valence-electron chi connectivity index (χ4n) is 2.32. The van der Waals surface area contributed by atoms with Crippen LogP contribution in [0.15, 0.2) is 35.4 Å². The number of aryl methyl sites for hydroxylation is 3. The summed E-state index contributed by atoms with van der Waals surface area (Å²) >= 11 is 3.07. The Balaban J connectivity index is 1.73. The third-order valence-electron chi connectivity index (χ3n) is 3.65. The Labute approximate surface area is 155 Å². The van der Waals surface area contributed by atoms with Crippen LogP contribution in [0.1, 0.15) is 16.3 Å². The molecule has 0 aliphatic carbocycles. The van der Waals surface area contributed by atoms with Gasteiger partial charge in [0.15, 0.2) is 0 Å². The van der Waals surface area contributed by atoms with Crippen molar-refractivity contribution in [2.45, 2.75) is 25.8 Å². The molecule has 0 saturated heterocycles. The number of nitrogens with zero attached hydrogens (tertiary/aromatic N) is 2. The molecule has 0 N–H and O–H groups in total. The molecule has 3 rings (SSSR count). The molecule has 0 radical (unpaired) electrons. The van der Waals surface area contributed by atoms with Crippen molar-refractivity contribution < 1.29 is 12.6 Å². The summed E-state index contributed by atoms with van der Waals surface area (Å²) in [7, 11) is -3.63. The summed E-state index contributed by atoms with van der Waals surface area (Å²) in [6, 6.07) is 8.53. The predicted octanol–water partition coefficient (Wildman–Crippen LogP) is 4.12. The lowest BCUT2D eigenvalue weighted by Gasteiger charge is -2.07. The van der Waals surface area contributed by atoms with Gasteiger partial charge in [-0.05, 0) is 38.5 Å². The van der Waals surface area contributed by atoms with Crippen LogP contribution < -0.4 is 4.18 Å². The van der Waals surface area contributed by atoms with Crippen molar-refractivity contribution in [1.29, 1.82) is 0 Å². The summed E-state index contributed by atoms with van der Waals surface area (Å²) in [5.41, 5.74) is 1.16. The maximum absolute atomic E-state index is 12.1. The van der Waals surface area contributed by atoms with E-state index in [4.69, 9.17) is 4.18 Å². The third-order valence-corrected chi connectivity index (χ3v) is 7.13. The van der Waals surface area contributed by atoms with Gasteiger partial charge in [-0.25, -0.2) is 9.97 Å².